The molecule has 0 amide bonds. The molecule has 0 unspecified atom stereocenters. The van der Waals surface area contributed by atoms with Crippen molar-refractivity contribution in [1.29, 1.82) is 0 Å². The van der Waals surface area contributed by atoms with Gasteiger partial charge >= 0.3 is 0 Å². The lowest BCUT2D eigenvalue weighted by molar-refractivity contribution is 0.509. The summed E-state index contributed by atoms with van der Waals surface area (Å²) >= 11 is 1.48. The molecule has 1 aromatic heterocycles. The second-order valence-corrected chi connectivity index (χ2v) is 4.64. The van der Waals surface area contributed by atoms with E-state index in [1.54, 1.807) is 12.3 Å². The second kappa shape index (κ2) is 5.33. The van der Waals surface area contributed by atoms with Gasteiger partial charge in [-0.25, -0.2) is 13.8 Å². The molecule has 17 heavy (non-hydrogen) atoms. The average Bonchev–Trinajstić information content (AvgIpc) is 2.79. The summed E-state index contributed by atoms with van der Waals surface area (Å²) < 4.78 is 25.9. The fourth-order valence-corrected chi connectivity index (χ4v) is 2.29. The summed E-state index contributed by atoms with van der Waals surface area (Å²) in [6.07, 6.45) is 1.68. The Morgan fingerprint density at radius 3 is 2.82 bits per heavy atom. The topological polar surface area (TPSA) is 24.9 Å². The summed E-state index contributed by atoms with van der Waals surface area (Å²) in [6, 6.07) is 3.89. The third-order valence-electron chi connectivity index (χ3n) is 2.28. The van der Waals surface area contributed by atoms with E-state index in [1.165, 1.54) is 17.4 Å². The molecule has 0 atom stereocenters. The zero-order chi connectivity index (χ0) is 12.3. The molecule has 90 valence electrons. The average molecular weight is 254 g/mol. The molecular weight excluding hydrogens is 242 g/mol. The van der Waals surface area contributed by atoms with Gasteiger partial charge in [0.1, 0.15) is 5.01 Å². The van der Waals surface area contributed by atoms with E-state index in [0.717, 1.165) is 22.5 Å². The number of nitrogens with zero attached hydrogens (tertiary/aromatic N) is 1. The maximum absolute atomic E-state index is 13.1. The van der Waals surface area contributed by atoms with Gasteiger partial charge in [0.05, 0.1) is 4.88 Å². The third kappa shape index (κ3) is 2.87. The zero-order valence-corrected chi connectivity index (χ0v) is 10.2. The maximum Gasteiger partial charge on any atom is 0.159 e. The van der Waals surface area contributed by atoms with E-state index in [1.807, 2.05) is 6.92 Å². The molecule has 0 saturated carbocycles. The molecule has 0 aliphatic carbocycles. The number of rotatable bonds is 4. The predicted molar refractivity (Wildman–Crippen MR) is 64.8 cm³/mol. The van der Waals surface area contributed by atoms with E-state index in [2.05, 4.69) is 10.3 Å². The molecule has 1 heterocycles. The van der Waals surface area contributed by atoms with Gasteiger partial charge in [0.2, 0.25) is 0 Å². The molecule has 0 radical (unpaired) electrons. The van der Waals surface area contributed by atoms with Gasteiger partial charge in [-0.15, -0.1) is 11.3 Å². The van der Waals surface area contributed by atoms with E-state index in [9.17, 15) is 8.78 Å². The first kappa shape index (κ1) is 12.1. The maximum atomic E-state index is 13.1. The number of hydrogen-bond donors (Lipinski definition) is 1. The zero-order valence-electron chi connectivity index (χ0n) is 9.34. The van der Waals surface area contributed by atoms with Crippen LogP contribution in [0.1, 0.15) is 11.9 Å². The fourth-order valence-electron chi connectivity index (χ4n) is 1.41. The molecule has 2 rings (SSSR count). The van der Waals surface area contributed by atoms with Crippen LogP contribution in [0.25, 0.3) is 10.4 Å². The summed E-state index contributed by atoms with van der Waals surface area (Å²) in [5.41, 5.74) is 0.657. The van der Waals surface area contributed by atoms with Crippen molar-refractivity contribution < 1.29 is 8.78 Å². The highest BCUT2D eigenvalue weighted by Gasteiger charge is 2.07. The number of benzene rings is 1. The molecule has 0 bridgehead atoms. The van der Waals surface area contributed by atoms with Crippen LogP contribution in [0.5, 0.6) is 0 Å². The number of hydrogen-bond acceptors (Lipinski definition) is 3. The molecule has 0 aliphatic heterocycles. The summed E-state index contributed by atoms with van der Waals surface area (Å²) in [4.78, 5) is 5.07. The molecule has 2 nitrogen and oxygen atoms in total. The van der Waals surface area contributed by atoms with Crippen molar-refractivity contribution in [2.45, 2.75) is 13.5 Å². The predicted octanol–water partition coefficient (Wildman–Crippen LogP) is 3.20. The quantitative estimate of drug-likeness (QED) is 0.906. The van der Waals surface area contributed by atoms with Crippen LogP contribution in [-0.2, 0) is 6.54 Å². The van der Waals surface area contributed by atoms with Crippen LogP contribution < -0.4 is 5.32 Å². The number of nitrogens with one attached hydrogen (secondary N) is 1. The largest absolute Gasteiger partial charge is 0.311 e. The minimum absolute atomic E-state index is 0.657. The minimum Gasteiger partial charge on any atom is -0.311 e. The summed E-state index contributed by atoms with van der Waals surface area (Å²) in [6.45, 7) is 3.59. The molecular formula is C12H12F2N2S. The molecule has 1 aromatic carbocycles. The molecule has 0 aliphatic rings. The highest BCUT2D eigenvalue weighted by Crippen LogP contribution is 2.27. The third-order valence-corrected chi connectivity index (χ3v) is 3.33. The molecule has 1 N–H and O–H groups in total. The lowest BCUT2D eigenvalue weighted by atomic mass is 10.2. The Morgan fingerprint density at radius 2 is 2.12 bits per heavy atom. The summed E-state index contributed by atoms with van der Waals surface area (Å²) in [5, 5.41) is 4.10. The summed E-state index contributed by atoms with van der Waals surface area (Å²) in [7, 11) is 0. The van der Waals surface area contributed by atoms with Crippen LogP contribution >= 0.6 is 11.3 Å². The van der Waals surface area contributed by atoms with Crippen LogP contribution in [0.15, 0.2) is 24.4 Å². The first-order valence-electron chi connectivity index (χ1n) is 5.31. The van der Waals surface area contributed by atoms with Gasteiger partial charge in [-0.3, -0.25) is 0 Å². The van der Waals surface area contributed by atoms with Gasteiger partial charge < -0.3 is 5.32 Å². The molecule has 2 aromatic rings. The van der Waals surface area contributed by atoms with E-state index in [4.69, 9.17) is 0 Å². The minimum atomic E-state index is -0.830. The van der Waals surface area contributed by atoms with Crippen LogP contribution in [0, 0.1) is 11.6 Å². The first-order chi connectivity index (χ1) is 8.20. The van der Waals surface area contributed by atoms with Gasteiger partial charge in [0.25, 0.3) is 0 Å². The highest BCUT2D eigenvalue weighted by atomic mass is 32.1. The Hall–Kier alpha value is -1.33. The van der Waals surface area contributed by atoms with Gasteiger partial charge in [0.15, 0.2) is 11.6 Å². The lowest BCUT2D eigenvalue weighted by Crippen LogP contribution is -2.11. The van der Waals surface area contributed by atoms with Gasteiger partial charge in [-0.2, -0.15) is 0 Å². The van der Waals surface area contributed by atoms with Crippen molar-refractivity contribution in [3.8, 4) is 10.4 Å². The Morgan fingerprint density at radius 1 is 1.29 bits per heavy atom. The van der Waals surface area contributed by atoms with Crippen molar-refractivity contribution in [2.24, 2.45) is 0 Å². The van der Waals surface area contributed by atoms with Crippen molar-refractivity contribution in [2.75, 3.05) is 6.54 Å². The SMILES string of the molecule is CCNCc1ncc(-c2ccc(F)c(F)c2)s1. The first-order valence-corrected chi connectivity index (χ1v) is 6.13. The molecule has 0 spiro atoms. The van der Waals surface area contributed by atoms with Gasteiger partial charge in [0, 0.05) is 12.7 Å². The molecule has 0 fully saturated rings. The van der Waals surface area contributed by atoms with Crippen LogP contribution in [0.2, 0.25) is 0 Å². The second-order valence-electron chi connectivity index (χ2n) is 3.53. The Labute approximate surface area is 102 Å². The number of thiazole rings is 1. The van der Waals surface area contributed by atoms with E-state index in [0.29, 0.717) is 12.1 Å². The van der Waals surface area contributed by atoms with Crippen LogP contribution in [0.3, 0.4) is 0 Å². The van der Waals surface area contributed by atoms with Gasteiger partial charge in [-0.1, -0.05) is 13.0 Å². The summed E-state index contributed by atoms with van der Waals surface area (Å²) in [5.74, 6) is -1.66. The van der Waals surface area contributed by atoms with Crippen LogP contribution in [0.4, 0.5) is 8.78 Å². The Bertz CT molecular complexity index is 511. The van der Waals surface area contributed by atoms with Crippen molar-refractivity contribution >= 4 is 11.3 Å². The normalized spacial score (nSPS) is 10.8. The molecule has 0 saturated heterocycles. The van der Waals surface area contributed by atoms with Crippen LogP contribution in [-0.4, -0.2) is 11.5 Å². The van der Waals surface area contributed by atoms with E-state index >= 15 is 0 Å². The monoisotopic (exact) mass is 254 g/mol. The number of halogens is 2. The van der Waals surface area contributed by atoms with Crippen molar-refractivity contribution in [3.05, 3.63) is 41.0 Å². The molecule has 5 heteroatoms. The Kier molecular flexibility index (Phi) is 3.81. The fraction of sp³-hybridized carbons (Fsp3) is 0.250. The van der Waals surface area contributed by atoms with E-state index < -0.39 is 11.6 Å². The highest BCUT2D eigenvalue weighted by molar-refractivity contribution is 7.15. The van der Waals surface area contributed by atoms with E-state index in [-0.39, 0.29) is 0 Å². The van der Waals surface area contributed by atoms with Crippen molar-refractivity contribution in [3.63, 3.8) is 0 Å². The Balaban J connectivity index is 2.21. The smallest absolute Gasteiger partial charge is 0.159 e. The van der Waals surface area contributed by atoms with Gasteiger partial charge in [-0.05, 0) is 24.2 Å². The number of aromatic nitrogens is 1. The standard InChI is InChI=1S/C12H12F2N2S/c1-2-15-7-12-16-6-11(17-12)8-3-4-9(13)10(14)5-8/h3-6,15H,2,7H2,1H3. The lowest BCUT2D eigenvalue weighted by Gasteiger charge is -1.98. The van der Waals surface area contributed by atoms with Crippen molar-refractivity contribution in [1.82, 2.24) is 10.3 Å².